The van der Waals surface area contributed by atoms with Gasteiger partial charge in [0.1, 0.15) is 49.7 Å². The number of hydrogen-bond donors (Lipinski definition) is 8. The summed E-state index contributed by atoms with van der Waals surface area (Å²) >= 11 is 0. The maximum Gasteiger partial charge on any atom is 1.00 e. The van der Waals surface area contributed by atoms with Crippen LogP contribution in [0.5, 0.6) is 23.0 Å². The van der Waals surface area contributed by atoms with Crippen molar-refractivity contribution < 1.29 is 147 Å². The molecule has 0 unspecified atom stereocenters. The average Bonchev–Trinajstić information content (AvgIpc) is 3.06. The number of benzene rings is 4. The largest absolute Gasteiger partial charge is 1.00 e. The van der Waals surface area contributed by atoms with Crippen LogP contribution in [0.3, 0.4) is 0 Å². The van der Waals surface area contributed by atoms with Gasteiger partial charge in [0, 0.05) is 0 Å². The Hall–Kier alpha value is -2.21. The summed E-state index contributed by atoms with van der Waals surface area (Å²) in [4.78, 5) is 0. The second kappa shape index (κ2) is 27.5. The zero-order valence-corrected chi connectivity index (χ0v) is 32.4. The van der Waals surface area contributed by atoms with Crippen LogP contribution in [0.1, 0.15) is 23.7 Å². The number of halogens is 4. The Morgan fingerprint density at radius 3 is 0.592 bits per heavy atom. The van der Waals surface area contributed by atoms with Crippen molar-refractivity contribution in [3.8, 4) is 23.0 Å². The van der Waals surface area contributed by atoms with Gasteiger partial charge in [-0.2, -0.15) is 0 Å². The summed E-state index contributed by atoms with van der Waals surface area (Å²) in [6.07, 6.45) is 0. The first-order chi connectivity index (χ1) is 22.9. The van der Waals surface area contributed by atoms with Crippen molar-refractivity contribution in [2.75, 3.05) is 0 Å². The molecule has 8 N–H and O–H groups in total. The summed E-state index contributed by atoms with van der Waals surface area (Å²) < 4.78 is 65.9. The van der Waals surface area contributed by atoms with Crippen LogP contribution in [0.2, 0.25) is 0 Å². The molecule has 0 heterocycles. The van der Waals surface area contributed by atoms with Gasteiger partial charge in [0.25, 0.3) is 0 Å². The van der Waals surface area contributed by atoms with E-state index in [1.54, 1.807) is 0 Å². The molecule has 12 nitrogen and oxygen atoms in total. The summed E-state index contributed by atoms with van der Waals surface area (Å²) in [6.45, 7) is -2.16. The molecule has 4 rings (SSSR count). The molecule has 0 saturated heterocycles. The zero-order chi connectivity index (χ0) is 35.9. The minimum Gasteiger partial charge on any atom is -1.00 e. The van der Waals surface area contributed by atoms with E-state index in [1.807, 2.05) is 0 Å². The van der Waals surface area contributed by atoms with E-state index < -0.39 is 56.0 Å². The zero-order valence-electron chi connectivity index (χ0n) is 27.1. The normalized spacial score (nSPS) is 9.39. The molecular weight excluding hydrogens is 780 g/mol. The molecule has 0 fully saturated rings. The quantitative estimate of drug-likeness (QED) is 0.0652. The van der Waals surface area contributed by atoms with Gasteiger partial charge in [0.05, 0.1) is 0 Å². The summed E-state index contributed by atoms with van der Waals surface area (Å²) in [5, 5.41) is 67.1. The summed E-state index contributed by atoms with van der Waals surface area (Å²) in [5.41, 5.74) is 2.09. The second-order valence-electron chi connectivity index (χ2n) is 8.89. The average molecular weight is 814 g/mol. The third-order valence-electron chi connectivity index (χ3n) is 5.28. The molecule has 0 aliphatic heterocycles. The summed E-state index contributed by atoms with van der Waals surface area (Å²) in [7, 11) is -7.33. The Morgan fingerprint density at radius 1 is 0.347 bits per heavy atom. The van der Waals surface area contributed by atoms with Crippen LogP contribution in [-0.2, 0) is 26.7 Å². The van der Waals surface area contributed by atoms with E-state index in [-0.39, 0.29) is 70.3 Å². The summed E-state index contributed by atoms with van der Waals surface area (Å²) in [6, 6.07) is 23.8. The molecule has 0 aliphatic rings. The maximum absolute atomic E-state index is 12.0. The Bertz CT molecular complexity index is 1180. The van der Waals surface area contributed by atoms with Crippen molar-refractivity contribution in [3.05, 3.63) is 119 Å². The standard InChI is InChI=1S/4C7H8BFO3.Cs.H/c4*9-5-6-1-3-7(4-2-6)12-8(10)11;;/h4*1-4,10-11H,5H2;;/q;;;;+1;-1. The van der Waals surface area contributed by atoms with Gasteiger partial charge in [-0.1, -0.05) is 48.5 Å². The molecule has 0 aliphatic carbocycles. The molecule has 0 spiro atoms. The molecule has 4 aromatic carbocycles. The van der Waals surface area contributed by atoms with E-state index in [0.29, 0.717) is 45.3 Å². The van der Waals surface area contributed by atoms with Crippen molar-refractivity contribution in [1.29, 1.82) is 0 Å². The first-order valence-corrected chi connectivity index (χ1v) is 13.6. The molecule has 258 valence electrons. The van der Waals surface area contributed by atoms with Gasteiger partial charge in [0.2, 0.25) is 0 Å². The third-order valence-corrected chi connectivity index (χ3v) is 5.28. The van der Waals surface area contributed by atoms with Crippen LogP contribution >= 0.6 is 0 Å². The first kappa shape index (κ1) is 46.8. The Balaban J connectivity index is 0. The molecule has 21 heteroatoms. The Labute approximate surface area is 341 Å². The minimum atomic E-state index is -1.83. The smallest absolute Gasteiger partial charge is 1.00 e. The van der Waals surface area contributed by atoms with E-state index in [4.69, 9.17) is 40.2 Å². The van der Waals surface area contributed by atoms with Gasteiger partial charge >= 0.3 is 98.2 Å². The van der Waals surface area contributed by atoms with Gasteiger partial charge in [-0.05, 0) is 70.8 Å². The molecule has 0 bridgehead atoms. The molecule has 0 atom stereocenters. The van der Waals surface area contributed by atoms with Crippen LogP contribution in [-0.4, -0.2) is 69.5 Å². The minimum absolute atomic E-state index is 0. The van der Waals surface area contributed by atoms with Crippen LogP contribution in [0.15, 0.2) is 97.1 Å². The van der Waals surface area contributed by atoms with Crippen LogP contribution in [0.25, 0.3) is 0 Å². The fourth-order valence-corrected chi connectivity index (χ4v) is 3.12. The number of hydrogen-bond acceptors (Lipinski definition) is 12. The molecule has 0 amide bonds. The molecule has 49 heavy (non-hydrogen) atoms. The van der Waals surface area contributed by atoms with Crippen LogP contribution in [0.4, 0.5) is 17.6 Å². The van der Waals surface area contributed by atoms with Crippen LogP contribution in [0, 0.1) is 0 Å². The maximum atomic E-state index is 12.0. The van der Waals surface area contributed by atoms with E-state index >= 15 is 0 Å². The Kier molecular flexibility index (Phi) is 26.3. The van der Waals surface area contributed by atoms with Gasteiger partial charge in [-0.3, -0.25) is 0 Å². The van der Waals surface area contributed by atoms with E-state index in [0.717, 1.165) is 0 Å². The first-order valence-electron chi connectivity index (χ1n) is 13.6. The Morgan fingerprint density at radius 2 is 0.490 bits per heavy atom. The number of alkyl halides is 4. The molecular formula is C28H33B4CsF4O12. The van der Waals surface area contributed by atoms with Crippen molar-refractivity contribution in [1.82, 2.24) is 0 Å². The second-order valence-corrected chi connectivity index (χ2v) is 8.89. The predicted molar refractivity (Wildman–Crippen MR) is 169 cm³/mol. The fourth-order valence-electron chi connectivity index (χ4n) is 3.12. The SMILES string of the molecule is OB(O)Oc1ccc(CF)cc1.OB(O)Oc1ccc(CF)cc1.OB(O)Oc1ccc(CF)cc1.OB(O)Oc1ccc(CF)cc1.[Cs+].[H-]. The monoisotopic (exact) mass is 814 g/mol. The van der Waals surface area contributed by atoms with Crippen molar-refractivity contribution in [3.63, 3.8) is 0 Å². The van der Waals surface area contributed by atoms with Crippen LogP contribution < -0.4 is 87.5 Å². The van der Waals surface area contributed by atoms with Gasteiger partial charge in [-0.25, -0.2) is 17.6 Å². The summed E-state index contributed by atoms with van der Waals surface area (Å²) in [5.74, 6) is 1.17. The molecule has 0 aromatic heterocycles. The fraction of sp³-hybridized carbons (Fsp3) is 0.143. The molecule has 4 aromatic rings. The van der Waals surface area contributed by atoms with E-state index in [1.165, 1.54) is 97.1 Å². The topological polar surface area (TPSA) is 199 Å². The molecule has 0 saturated carbocycles. The van der Waals surface area contributed by atoms with Crippen molar-refractivity contribution >= 4 is 29.3 Å². The van der Waals surface area contributed by atoms with Gasteiger partial charge in [-0.15, -0.1) is 0 Å². The van der Waals surface area contributed by atoms with Gasteiger partial charge < -0.3 is 60.2 Å². The van der Waals surface area contributed by atoms with E-state index in [9.17, 15) is 17.6 Å². The van der Waals surface area contributed by atoms with E-state index in [2.05, 4.69) is 18.6 Å². The van der Waals surface area contributed by atoms with Crippen molar-refractivity contribution in [2.45, 2.75) is 26.7 Å². The number of rotatable bonds is 12. The third kappa shape index (κ3) is 23.0. The molecule has 0 radical (unpaired) electrons. The van der Waals surface area contributed by atoms with Crippen molar-refractivity contribution in [2.24, 2.45) is 0 Å². The predicted octanol–water partition coefficient (Wildman–Crippen LogP) is -0.866. The van der Waals surface area contributed by atoms with Gasteiger partial charge in [0.15, 0.2) is 0 Å².